The maximum Gasteiger partial charge on any atom is 0.408 e. The molecule has 0 saturated carbocycles. The summed E-state index contributed by atoms with van der Waals surface area (Å²) in [4.78, 5) is 69.1. The van der Waals surface area contributed by atoms with Gasteiger partial charge in [0.25, 0.3) is 0 Å². The summed E-state index contributed by atoms with van der Waals surface area (Å²) in [6, 6.07) is 13.9. The summed E-state index contributed by atoms with van der Waals surface area (Å²) in [5, 5.41) is 8.88. The molecule has 6 amide bonds. The number of nitrogens with zero attached hydrogens (tertiary/aromatic N) is 2. The van der Waals surface area contributed by atoms with Crippen molar-refractivity contribution in [3.63, 3.8) is 0 Å². The number of anilines is 1. The van der Waals surface area contributed by atoms with Crippen LogP contribution in [0.2, 0.25) is 5.02 Å². The molecule has 280 valence electrons. The Morgan fingerprint density at radius 1 is 0.941 bits per heavy atom. The fraction of sp³-hybridized carbons (Fsp3) is 0.541. The molecule has 13 nitrogen and oxygen atoms in total. The number of piperidine rings is 1. The summed E-state index contributed by atoms with van der Waals surface area (Å²) in [6.45, 7) is 12.6. The number of ether oxygens (including phenoxy) is 2. The fourth-order valence-electron chi connectivity index (χ4n) is 5.66. The van der Waals surface area contributed by atoms with Crippen molar-refractivity contribution in [1.82, 2.24) is 20.4 Å². The first-order valence-corrected chi connectivity index (χ1v) is 17.6. The molecular formula is C37H53ClN6O7. The molecule has 1 aliphatic rings. The third-order valence-corrected chi connectivity index (χ3v) is 8.66. The number of halogens is 1. The zero-order chi connectivity index (χ0) is 38.0. The summed E-state index contributed by atoms with van der Waals surface area (Å²) >= 11 is 6.39. The molecule has 1 atom stereocenters. The van der Waals surface area contributed by atoms with Gasteiger partial charge < -0.3 is 36.1 Å². The SMILES string of the molecule is CCc1ccc(NC(=O)N(CC2(C(=O)NCc3ccccc3Cl)CCN(C(=O)CNC(=O)OC(C)(C)C)CC2)C(CC(N)=O)OC(C)(C)C)cc1. The second-order valence-corrected chi connectivity index (χ2v) is 15.2. The van der Waals surface area contributed by atoms with Crippen molar-refractivity contribution in [2.45, 2.75) is 98.1 Å². The Hall–Kier alpha value is -4.36. The van der Waals surface area contributed by atoms with Crippen LogP contribution in [0, 0.1) is 5.41 Å². The molecule has 0 radical (unpaired) electrons. The summed E-state index contributed by atoms with van der Waals surface area (Å²) in [7, 11) is 0. The van der Waals surface area contributed by atoms with Crippen LogP contribution in [0.25, 0.3) is 0 Å². The number of likely N-dealkylation sites (tertiary alicyclic amines) is 1. The van der Waals surface area contributed by atoms with Gasteiger partial charge in [-0.15, -0.1) is 0 Å². The lowest BCUT2D eigenvalue weighted by molar-refractivity contribution is -0.152. The number of alkyl carbamates (subject to hydrolysis) is 1. The van der Waals surface area contributed by atoms with Gasteiger partial charge in [-0.3, -0.25) is 19.3 Å². The average Bonchev–Trinajstić information content (AvgIpc) is 3.04. The first-order valence-electron chi connectivity index (χ1n) is 17.2. The molecule has 51 heavy (non-hydrogen) atoms. The predicted octanol–water partition coefficient (Wildman–Crippen LogP) is 5.20. The van der Waals surface area contributed by atoms with Gasteiger partial charge in [-0.1, -0.05) is 48.9 Å². The molecular weight excluding hydrogens is 676 g/mol. The van der Waals surface area contributed by atoms with Gasteiger partial charge in [-0.25, -0.2) is 9.59 Å². The minimum atomic E-state index is -1.23. The molecule has 1 fully saturated rings. The molecule has 1 unspecified atom stereocenters. The number of rotatable bonds is 13. The molecule has 1 saturated heterocycles. The van der Waals surface area contributed by atoms with E-state index in [1.54, 1.807) is 76.8 Å². The Labute approximate surface area is 305 Å². The van der Waals surface area contributed by atoms with Crippen LogP contribution in [0.1, 0.15) is 78.9 Å². The van der Waals surface area contributed by atoms with Crippen molar-refractivity contribution in [2.24, 2.45) is 11.1 Å². The quantitative estimate of drug-likeness (QED) is 0.205. The average molecular weight is 729 g/mol. The van der Waals surface area contributed by atoms with Gasteiger partial charge in [-0.2, -0.15) is 0 Å². The van der Waals surface area contributed by atoms with E-state index in [0.29, 0.717) is 16.3 Å². The van der Waals surface area contributed by atoms with Crippen molar-refractivity contribution in [3.05, 3.63) is 64.7 Å². The Kier molecular flexibility index (Phi) is 14.3. The third kappa shape index (κ3) is 13.0. The molecule has 0 spiro atoms. The number of nitrogens with two attached hydrogens (primary N) is 1. The monoisotopic (exact) mass is 728 g/mol. The van der Waals surface area contributed by atoms with Crippen LogP contribution >= 0.6 is 11.6 Å². The van der Waals surface area contributed by atoms with Gasteiger partial charge in [0.2, 0.25) is 17.7 Å². The van der Waals surface area contributed by atoms with Crippen LogP contribution in [0.3, 0.4) is 0 Å². The lowest BCUT2D eigenvalue weighted by atomic mass is 9.76. The van der Waals surface area contributed by atoms with Gasteiger partial charge in [0.1, 0.15) is 18.4 Å². The number of hydrogen-bond donors (Lipinski definition) is 4. The first kappa shape index (κ1) is 41.1. The Balaban J connectivity index is 1.95. The van der Waals surface area contributed by atoms with Crippen LogP contribution in [0.15, 0.2) is 48.5 Å². The molecule has 0 aromatic heterocycles. The van der Waals surface area contributed by atoms with Crippen molar-refractivity contribution in [1.29, 1.82) is 0 Å². The Morgan fingerprint density at radius 2 is 1.57 bits per heavy atom. The Morgan fingerprint density at radius 3 is 2.12 bits per heavy atom. The number of hydrogen-bond acceptors (Lipinski definition) is 7. The van der Waals surface area contributed by atoms with E-state index in [0.717, 1.165) is 12.0 Å². The third-order valence-electron chi connectivity index (χ3n) is 8.30. The molecule has 3 rings (SSSR count). The molecule has 5 N–H and O–H groups in total. The molecule has 14 heteroatoms. The zero-order valence-electron chi connectivity index (χ0n) is 30.8. The highest BCUT2D eigenvalue weighted by Crippen LogP contribution is 2.35. The van der Waals surface area contributed by atoms with E-state index >= 15 is 0 Å². The molecule has 0 aliphatic carbocycles. The molecule has 2 aromatic rings. The first-order chi connectivity index (χ1) is 23.8. The number of benzene rings is 2. The number of amides is 6. The Bertz CT molecular complexity index is 1530. The lowest BCUT2D eigenvalue weighted by Gasteiger charge is -2.45. The van der Waals surface area contributed by atoms with Gasteiger partial charge in [0.05, 0.1) is 17.4 Å². The van der Waals surface area contributed by atoms with E-state index in [2.05, 4.69) is 16.0 Å². The maximum atomic E-state index is 14.3. The highest BCUT2D eigenvalue weighted by Gasteiger charge is 2.46. The highest BCUT2D eigenvalue weighted by atomic mass is 35.5. The van der Waals surface area contributed by atoms with Crippen molar-refractivity contribution in [2.75, 3.05) is 31.5 Å². The van der Waals surface area contributed by atoms with Crippen molar-refractivity contribution >= 4 is 47.1 Å². The number of nitrogens with one attached hydrogen (secondary N) is 3. The topological polar surface area (TPSA) is 172 Å². The number of primary amides is 1. The maximum absolute atomic E-state index is 14.3. The van der Waals surface area contributed by atoms with E-state index in [4.69, 9.17) is 26.8 Å². The van der Waals surface area contributed by atoms with Crippen LogP contribution in [-0.4, -0.2) is 83.3 Å². The number of urea groups is 1. The van der Waals surface area contributed by atoms with Gasteiger partial charge >= 0.3 is 12.1 Å². The van der Waals surface area contributed by atoms with Crippen LogP contribution in [-0.2, 0) is 36.8 Å². The number of carbonyl (C=O) groups is 5. The van der Waals surface area contributed by atoms with E-state index in [-0.39, 0.29) is 63.8 Å². The fourth-order valence-corrected chi connectivity index (χ4v) is 5.87. The molecule has 2 aromatic carbocycles. The van der Waals surface area contributed by atoms with Crippen LogP contribution in [0.5, 0.6) is 0 Å². The lowest BCUT2D eigenvalue weighted by Crippen LogP contribution is -2.59. The van der Waals surface area contributed by atoms with Gasteiger partial charge in [-0.05, 0) is 90.1 Å². The highest BCUT2D eigenvalue weighted by molar-refractivity contribution is 6.31. The summed E-state index contributed by atoms with van der Waals surface area (Å²) in [6.07, 6.45) is -1.02. The number of carbonyl (C=O) groups excluding carboxylic acids is 5. The van der Waals surface area contributed by atoms with E-state index < -0.39 is 40.9 Å². The minimum Gasteiger partial charge on any atom is -0.444 e. The molecule has 1 heterocycles. The smallest absolute Gasteiger partial charge is 0.408 e. The van der Waals surface area contributed by atoms with Crippen LogP contribution in [0.4, 0.5) is 15.3 Å². The largest absolute Gasteiger partial charge is 0.444 e. The molecule has 0 bridgehead atoms. The number of aryl methyl sites for hydroxylation is 1. The summed E-state index contributed by atoms with van der Waals surface area (Å²) in [5.74, 6) is -1.40. The van der Waals surface area contributed by atoms with E-state index in [1.807, 2.05) is 25.1 Å². The second-order valence-electron chi connectivity index (χ2n) is 14.8. The second kappa shape index (κ2) is 17.7. The van der Waals surface area contributed by atoms with E-state index in [1.165, 1.54) is 4.90 Å². The van der Waals surface area contributed by atoms with Gasteiger partial charge in [0, 0.05) is 36.9 Å². The normalized spacial score (nSPS) is 14.9. The van der Waals surface area contributed by atoms with Crippen molar-refractivity contribution < 1.29 is 33.4 Å². The summed E-state index contributed by atoms with van der Waals surface area (Å²) in [5.41, 5.74) is 5.24. The molecule has 1 aliphatic heterocycles. The predicted molar refractivity (Wildman–Crippen MR) is 196 cm³/mol. The minimum absolute atomic E-state index is 0.127. The summed E-state index contributed by atoms with van der Waals surface area (Å²) < 4.78 is 11.5. The van der Waals surface area contributed by atoms with Crippen LogP contribution < -0.4 is 21.7 Å². The standard InChI is InChI=1S/C37H53ClN6O7/c1-8-25-13-15-27(16-14-25)42-33(48)44(31(21-29(39)45)50-35(2,3)4)24-37(32(47)40-22-26-11-9-10-12-28(26)38)17-19-43(20-18-37)30(46)23-41-34(49)51-36(5,6)7/h9-16,31H,8,17-24H2,1-7H3,(H2,39,45)(H,40,47)(H,41,49)(H,42,48). The van der Waals surface area contributed by atoms with Gasteiger partial charge in [0.15, 0.2) is 0 Å². The van der Waals surface area contributed by atoms with Crippen molar-refractivity contribution in [3.8, 4) is 0 Å². The zero-order valence-corrected chi connectivity index (χ0v) is 31.5. The van der Waals surface area contributed by atoms with E-state index in [9.17, 15) is 24.0 Å².